The van der Waals surface area contributed by atoms with Crippen molar-refractivity contribution in [1.82, 2.24) is 10.2 Å². The summed E-state index contributed by atoms with van der Waals surface area (Å²) in [7, 11) is 0. The number of hydrogen-bond acceptors (Lipinski definition) is 6. The molecule has 0 aliphatic carbocycles. The Labute approximate surface area is 160 Å². The number of carbonyl (C=O) groups excluding carboxylic acids is 1. The van der Waals surface area contributed by atoms with E-state index in [1.54, 1.807) is 0 Å². The summed E-state index contributed by atoms with van der Waals surface area (Å²) < 4.78 is 23.4. The second-order valence-electron chi connectivity index (χ2n) is 5.46. The Morgan fingerprint density at radius 3 is 2.59 bits per heavy atom. The van der Waals surface area contributed by atoms with Crippen molar-refractivity contribution in [3.63, 3.8) is 0 Å². The van der Waals surface area contributed by atoms with Crippen molar-refractivity contribution in [1.29, 1.82) is 0 Å². The van der Waals surface area contributed by atoms with Gasteiger partial charge >= 0.3 is 5.97 Å². The predicted octanol–water partition coefficient (Wildman–Crippen LogP) is 4.14. The zero-order chi connectivity index (χ0) is 19.1. The van der Waals surface area contributed by atoms with Gasteiger partial charge in [0.1, 0.15) is 5.82 Å². The topological polar surface area (TPSA) is 65.2 Å². The number of aromatic nitrogens is 2. The molecule has 5 nitrogen and oxygen atoms in total. The third kappa shape index (κ3) is 5.43. The highest BCUT2D eigenvalue weighted by molar-refractivity contribution is 7.99. The first-order valence-electron chi connectivity index (χ1n) is 8.03. The summed E-state index contributed by atoms with van der Waals surface area (Å²) in [6.07, 6.45) is 0. The molecule has 0 amide bonds. The molecular formula is C20H15FN2O3S. The van der Waals surface area contributed by atoms with Gasteiger partial charge < -0.3 is 9.15 Å². The molecule has 0 saturated carbocycles. The maximum absolute atomic E-state index is 12.8. The van der Waals surface area contributed by atoms with Crippen LogP contribution in [-0.2, 0) is 4.74 Å². The molecule has 0 aliphatic heterocycles. The molecule has 0 radical (unpaired) electrons. The fraction of sp³-hybridized carbons (Fsp3) is 0.150. The van der Waals surface area contributed by atoms with Crippen LogP contribution in [0.25, 0.3) is 11.5 Å². The van der Waals surface area contributed by atoms with E-state index in [4.69, 9.17) is 9.15 Å². The first kappa shape index (κ1) is 18.7. The van der Waals surface area contributed by atoms with Gasteiger partial charge in [-0.3, -0.25) is 0 Å². The first-order valence-corrected chi connectivity index (χ1v) is 9.02. The molecule has 3 aromatic rings. The average Bonchev–Trinajstić information content (AvgIpc) is 3.14. The zero-order valence-electron chi connectivity index (χ0n) is 14.4. The quantitative estimate of drug-likeness (QED) is 0.375. The van der Waals surface area contributed by atoms with Crippen LogP contribution in [0, 0.1) is 24.6 Å². The maximum Gasteiger partial charge on any atom is 0.339 e. The van der Waals surface area contributed by atoms with Crippen LogP contribution in [0.1, 0.15) is 15.9 Å². The number of halogens is 1. The highest BCUT2D eigenvalue weighted by Gasteiger charge is 2.08. The third-order valence-electron chi connectivity index (χ3n) is 3.45. The molecule has 1 aromatic heterocycles. The molecule has 0 aliphatic rings. The summed E-state index contributed by atoms with van der Waals surface area (Å²) in [4.78, 5) is 11.7. The summed E-state index contributed by atoms with van der Waals surface area (Å²) in [6, 6.07) is 12.9. The van der Waals surface area contributed by atoms with E-state index in [1.165, 1.54) is 36.0 Å². The average molecular weight is 382 g/mol. The van der Waals surface area contributed by atoms with Crippen LogP contribution < -0.4 is 0 Å². The van der Waals surface area contributed by atoms with Gasteiger partial charge in [-0.05, 0) is 43.3 Å². The normalized spacial score (nSPS) is 10.1. The first-order chi connectivity index (χ1) is 13.1. The summed E-state index contributed by atoms with van der Waals surface area (Å²) in [5.74, 6) is 5.51. The second-order valence-corrected chi connectivity index (χ2v) is 6.39. The van der Waals surface area contributed by atoms with E-state index in [-0.39, 0.29) is 12.2 Å². The van der Waals surface area contributed by atoms with Gasteiger partial charge in [0, 0.05) is 5.56 Å². The molecule has 27 heavy (non-hydrogen) atoms. The zero-order valence-corrected chi connectivity index (χ0v) is 15.3. The van der Waals surface area contributed by atoms with Gasteiger partial charge in [0.2, 0.25) is 5.89 Å². The van der Waals surface area contributed by atoms with Crippen LogP contribution in [0.5, 0.6) is 0 Å². The van der Waals surface area contributed by atoms with Crippen molar-refractivity contribution >= 4 is 17.7 Å². The number of hydrogen-bond donors (Lipinski definition) is 0. The number of aryl methyl sites for hydroxylation is 1. The van der Waals surface area contributed by atoms with E-state index in [2.05, 4.69) is 22.0 Å². The number of benzene rings is 2. The van der Waals surface area contributed by atoms with Crippen LogP contribution in [-0.4, -0.2) is 28.5 Å². The number of carbonyl (C=O) groups is 1. The number of ether oxygens (including phenoxy) is 1. The number of nitrogens with zero attached hydrogens (tertiary/aromatic N) is 2. The summed E-state index contributed by atoms with van der Waals surface area (Å²) >= 11 is 1.30. The summed E-state index contributed by atoms with van der Waals surface area (Å²) in [6.45, 7) is 1.96. The van der Waals surface area contributed by atoms with E-state index in [0.29, 0.717) is 16.9 Å². The Kier molecular flexibility index (Phi) is 6.23. The molecule has 0 bridgehead atoms. The third-order valence-corrected chi connectivity index (χ3v) is 4.15. The highest BCUT2D eigenvalue weighted by atomic mass is 32.2. The Morgan fingerprint density at radius 1 is 1.11 bits per heavy atom. The van der Waals surface area contributed by atoms with Crippen LogP contribution in [0.4, 0.5) is 4.39 Å². The molecule has 0 unspecified atom stereocenters. The Bertz CT molecular complexity index is 973. The lowest BCUT2D eigenvalue weighted by atomic mass is 10.1. The Balaban J connectivity index is 1.43. The van der Waals surface area contributed by atoms with Crippen molar-refractivity contribution < 1.29 is 18.3 Å². The molecule has 0 saturated heterocycles. The van der Waals surface area contributed by atoms with Gasteiger partial charge in [-0.25, -0.2) is 9.18 Å². The minimum Gasteiger partial charge on any atom is -0.449 e. The van der Waals surface area contributed by atoms with Crippen molar-refractivity contribution in [3.05, 3.63) is 65.5 Å². The van der Waals surface area contributed by atoms with Crippen LogP contribution >= 0.6 is 11.8 Å². The minimum atomic E-state index is -0.545. The summed E-state index contributed by atoms with van der Waals surface area (Å²) in [5, 5.41) is 8.40. The van der Waals surface area contributed by atoms with E-state index in [1.807, 2.05) is 31.2 Å². The lowest BCUT2D eigenvalue weighted by molar-refractivity contribution is 0.0556. The minimum absolute atomic E-state index is 0.0464. The van der Waals surface area contributed by atoms with Gasteiger partial charge in [0.25, 0.3) is 5.22 Å². The predicted molar refractivity (Wildman–Crippen MR) is 99.7 cm³/mol. The SMILES string of the molecule is Cc1ccc(-c2nnc(SCC#CCOC(=O)c3ccc(F)cc3)o2)cc1. The van der Waals surface area contributed by atoms with E-state index in [0.717, 1.165) is 11.1 Å². The fourth-order valence-electron chi connectivity index (χ4n) is 2.05. The molecule has 0 atom stereocenters. The van der Waals surface area contributed by atoms with Gasteiger partial charge in [0.15, 0.2) is 6.61 Å². The number of rotatable bonds is 5. The van der Waals surface area contributed by atoms with Crippen molar-refractivity contribution in [3.8, 4) is 23.3 Å². The Morgan fingerprint density at radius 2 is 1.85 bits per heavy atom. The fourth-order valence-corrected chi connectivity index (χ4v) is 2.59. The van der Waals surface area contributed by atoms with E-state index in [9.17, 15) is 9.18 Å². The molecule has 2 aromatic carbocycles. The number of thioether (sulfide) groups is 1. The lowest BCUT2D eigenvalue weighted by Gasteiger charge is -2.00. The number of esters is 1. The lowest BCUT2D eigenvalue weighted by Crippen LogP contribution is -2.05. The van der Waals surface area contributed by atoms with Crippen molar-refractivity contribution in [2.24, 2.45) is 0 Å². The molecule has 3 rings (SSSR count). The van der Waals surface area contributed by atoms with E-state index >= 15 is 0 Å². The smallest absolute Gasteiger partial charge is 0.339 e. The monoisotopic (exact) mass is 382 g/mol. The van der Waals surface area contributed by atoms with Gasteiger partial charge in [-0.15, -0.1) is 10.2 Å². The molecule has 0 spiro atoms. The molecule has 1 heterocycles. The largest absolute Gasteiger partial charge is 0.449 e. The summed E-state index contributed by atoms with van der Waals surface area (Å²) in [5.41, 5.74) is 2.30. The molecule has 0 fully saturated rings. The van der Waals surface area contributed by atoms with Crippen molar-refractivity contribution in [2.45, 2.75) is 12.1 Å². The van der Waals surface area contributed by atoms with E-state index < -0.39 is 11.8 Å². The van der Waals surface area contributed by atoms with Crippen molar-refractivity contribution in [2.75, 3.05) is 12.4 Å². The van der Waals surface area contributed by atoms with Crippen LogP contribution in [0.15, 0.2) is 58.2 Å². The Hall–Kier alpha value is -3.11. The maximum atomic E-state index is 12.8. The van der Waals surface area contributed by atoms with Gasteiger partial charge in [0.05, 0.1) is 11.3 Å². The van der Waals surface area contributed by atoms with Crippen LogP contribution in [0.2, 0.25) is 0 Å². The highest BCUT2D eigenvalue weighted by Crippen LogP contribution is 2.23. The molecule has 7 heteroatoms. The molecular weight excluding hydrogens is 367 g/mol. The van der Waals surface area contributed by atoms with Gasteiger partial charge in [-0.1, -0.05) is 41.3 Å². The second kappa shape index (κ2) is 9.01. The molecule has 136 valence electrons. The van der Waals surface area contributed by atoms with Crippen LogP contribution in [0.3, 0.4) is 0 Å². The van der Waals surface area contributed by atoms with Gasteiger partial charge in [-0.2, -0.15) is 0 Å². The molecule has 0 N–H and O–H groups in total. The standard InChI is InChI=1S/C20H15FN2O3S/c1-14-4-6-15(7-5-14)18-22-23-20(26-18)27-13-3-2-12-25-19(24)16-8-10-17(21)11-9-16/h4-11H,12-13H2,1H3.